The van der Waals surface area contributed by atoms with E-state index in [1.54, 1.807) is 0 Å². The van der Waals surface area contributed by atoms with Gasteiger partial charge in [0.25, 0.3) is 0 Å². The number of nitrogens with one attached hydrogen (secondary N) is 1. The molecule has 3 rings (SSSR count). The molecule has 0 spiro atoms. The summed E-state index contributed by atoms with van der Waals surface area (Å²) in [4.78, 5) is 12.4. The second-order valence-electron chi connectivity index (χ2n) is 7.20. The molecule has 0 aromatic carbocycles. The maximum atomic E-state index is 12.4. The van der Waals surface area contributed by atoms with Gasteiger partial charge in [0.1, 0.15) is 0 Å². The molecule has 0 aromatic heterocycles. The second-order valence-corrected chi connectivity index (χ2v) is 7.20. The summed E-state index contributed by atoms with van der Waals surface area (Å²) in [5, 5.41) is 12.9. The third kappa shape index (κ3) is 2.86. The summed E-state index contributed by atoms with van der Waals surface area (Å²) in [6, 6.07) is 0.324. The van der Waals surface area contributed by atoms with Crippen molar-refractivity contribution < 1.29 is 9.90 Å². The number of hydrogen-bond donors (Lipinski definition) is 3. The zero-order valence-corrected chi connectivity index (χ0v) is 12.3. The first-order chi connectivity index (χ1) is 9.65. The minimum Gasteiger partial charge on any atom is -0.393 e. The SMILES string of the molecule is NC1C2CCCC1CC(C(=O)NCC1CCCC1O)C2. The number of carbonyl (C=O) groups is 1. The molecule has 2 bridgehead atoms. The third-order valence-corrected chi connectivity index (χ3v) is 5.94. The van der Waals surface area contributed by atoms with Crippen molar-refractivity contribution in [3.63, 3.8) is 0 Å². The van der Waals surface area contributed by atoms with E-state index in [0.717, 1.165) is 32.1 Å². The quantitative estimate of drug-likeness (QED) is 0.732. The molecule has 0 saturated heterocycles. The minimum absolute atomic E-state index is 0.156. The van der Waals surface area contributed by atoms with Crippen molar-refractivity contribution >= 4 is 5.91 Å². The van der Waals surface area contributed by atoms with E-state index >= 15 is 0 Å². The predicted octanol–water partition coefficient (Wildman–Crippen LogP) is 1.42. The second kappa shape index (κ2) is 6.02. The molecule has 3 aliphatic carbocycles. The van der Waals surface area contributed by atoms with Crippen molar-refractivity contribution in [1.29, 1.82) is 0 Å². The van der Waals surface area contributed by atoms with Crippen LogP contribution in [0.25, 0.3) is 0 Å². The standard InChI is InChI=1S/C16H28N2O2/c17-15-10-3-1-4-11(15)8-13(7-10)16(20)18-9-12-5-2-6-14(12)19/h10-15,19H,1-9,17H2,(H,18,20). The molecule has 1 amide bonds. The molecule has 3 fully saturated rings. The highest BCUT2D eigenvalue weighted by atomic mass is 16.3. The smallest absolute Gasteiger partial charge is 0.223 e. The molecule has 0 aromatic rings. The van der Waals surface area contributed by atoms with Gasteiger partial charge in [-0.1, -0.05) is 12.8 Å². The summed E-state index contributed by atoms with van der Waals surface area (Å²) in [6.45, 7) is 0.651. The number of aliphatic hydroxyl groups excluding tert-OH is 1. The largest absolute Gasteiger partial charge is 0.393 e. The summed E-state index contributed by atoms with van der Waals surface area (Å²) in [5.41, 5.74) is 6.27. The Morgan fingerprint density at radius 1 is 1.10 bits per heavy atom. The van der Waals surface area contributed by atoms with Crippen molar-refractivity contribution in [2.75, 3.05) is 6.54 Å². The highest BCUT2D eigenvalue weighted by Crippen LogP contribution is 2.41. The zero-order valence-electron chi connectivity index (χ0n) is 12.3. The van der Waals surface area contributed by atoms with Crippen LogP contribution >= 0.6 is 0 Å². The Hall–Kier alpha value is -0.610. The number of aliphatic hydroxyl groups is 1. The molecule has 114 valence electrons. The zero-order chi connectivity index (χ0) is 14.1. The third-order valence-electron chi connectivity index (χ3n) is 5.94. The van der Waals surface area contributed by atoms with Crippen molar-refractivity contribution in [2.24, 2.45) is 29.4 Å². The fourth-order valence-corrected chi connectivity index (χ4v) is 4.63. The number of hydrogen-bond acceptors (Lipinski definition) is 3. The summed E-state index contributed by atoms with van der Waals surface area (Å²) >= 11 is 0. The van der Waals surface area contributed by atoms with Crippen molar-refractivity contribution in [2.45, 2.75) is 63.5 Å². The van der Waals surface area contributed by atoms with Gasteiger partial charge in [0.2, 0.25) is 5.91 Å². The molecule has 3 aliphatic rings. The van der Waals surface area contributed by atoms with E-state index in [1.165, 1.54) is 19.3 Å². The number of carbonyl (C=O) groups excluding carboxylic acids is 1. The molecular weight excluding hydrogens is 252 g/mol. The predicted molar refractivity (Wildman–Crippen MR) is 77.9 cm³/mol. The van der Waals surface area contributed by atoms with Crippen LogP contribution in [0.3, 0.4) is 0 Å². The Bertz CT molecular complexity index is 346. The van der Waals surface area contributed by atoms with Gasteiger partial charge in [-0.25, -0.2) is 0 Å². The minimum atomic E-state index is -0.213. The number of rotatable bonds is 3. The van der Waals surface area contributed by atoms with E-state index in [0.29, 0.717) is 24.4 Å². The van der Waals surface area contributed by atoms with E-state index in [1.807, 2.05) is 0 Å². The lowest BCUT2D eigenvalue weighted by Crippen LogP contribution is -2.49. The first-order valence-electron chi connectivity index (χ1n) is 8.36. The van der Waals surface area contributed by atoms with Crippen molar-refractivity contribution in [3.8, 4) is 0 Å². The van der Waals surface area contributed by atoms with Crippen LogP contribution in [-0.2, 0) is 4.79 Å². The Morgan fingerprint density at radius 2 is 1.75 bits per heavy atom. The molecule has 0 heterocycles. The van der Waals surface area contributed by atoms with Gasteiger partial charge in [-0.2, -0.15) is 0 Å². The van der Waals surface area contributed by atoms with E-state index in [-0.39, 0.29) is 23.8 Å². The Balaban J connectivity index is 1.50. The lowest BCUT2D eigenvalue weighted by atomic mass is 9.65. The normalized spacial score (nSPS) is 44.3. The van der Waals surface area contributed by atoms with Crippen LogP contribution in [0, 0.1) is 23.7 Å². The Morgan fingerprint density at radius 3 is 2.35 bits per heavy atom. The maximum absolute atomic E-state index is 12.4. The van der Waals surface area contributed by atoms with E-state index < -0.39 is 0 Å². The molecule has 0 radical (unpaired) electrons. The number of amides is 1. The molecule has 4 unspecified atom stereocenters. The highest BCUT2D eigenvalue weighted by Gasteiger charge is 2.40. The van der Waals surface area contributed by atoms with Gasteiger partial charge in [-0.3, -0.25) is 4.79 Å². The first kappa shape index (κ1) is 14.3. The lowest BCUT2D eigenvalue weighted by molar-refractivity contribution is -0.128. The van der Waals surface area contributed by atoms with Crippen LogP contribution in [-0.4, -0.2) is 29.7 Å². The van der Waals surface area contributed by atoms with Crippen LogP contribution in [0.4, 0.5) is 0 Å². The van der Waals surface area contributed by atoms with Crippen LogP contribution < -0.4 is 11.1 Å². The molecule has 3 saturated carbocycles. The molecule has 4 nitrogen and oxygen atoms in total. The Kier molecular flexibility index (Phi) is 4.32. The van der Waals surface area contributed by atoms with Crippen molar-refractivity contribution in [3.05, 3.63) is 0 Å². The van der Waals surface area contributed by atoms with Crippen molar-refractivity contribution in [1.82, 2.24) is 5.32 Å². The van der Waals surface area contributed by atoms with Crippen LogP contribution in [0.15, 0.2) is 0 Å². The molecule has 4 atom stereocenters. The summed E-state index contributed by atoms with van der Waals surface area (Å²) in [6.07, 6.45) is 8.43. The average Bonchev–Trinajstić information content (AvgIpc) is 2.81. The van der Waals surface area contributed by atoms with Crippen LogP contribution in [0.2, 0.25) is 0 Å². The van der Waals surface area contributed by atoms with E-state index in [4.69, 9.17) is 5.73 Å². The molecule has 20 heavy (non-hydrogen) atoms. The number of nitrogens with two attached hydrogens (primary N) is 1. The van der Waals surface area contributed by atoms with Gasteiger partial charge < -0.3 is 16.2 Å². The summed E-state index contributed by atoms with van der Waals surface area (Å²) in [5.74, 6) is 1.73. The first-order valence-corrected chi connectivity index (χ1v) is 8.36. The highest BCUT2D eigenvalue weighted by molar-refractivity contribution is 5.78. The lowest BCUT2D eigenvalue weighted by Gasteiger charge is -2.43. The van der Waals surface area contributed by atoms with Gasteiger partial charge in [0, 0.05) is 24.4 Å². The van der Waals surface area contributed by atoms with Crippen LogP contribution in [0.1, 0.15) is 51.4 Å². The van der Waals surface area contributed by atoms with E-state index in [2.05, 4.69) is 5.32 Å². The topological polar surface area (TPSA) is 75.4 Å². The average molecular weight is 280 g/mol. The Labute approximate surface area is 121 Å². The van der Waals surface area contributed by atoms with Crippen LogP contribution in [0.5, 0.6) is 0 Å². The fourth-order valence-electron chi connectivity index (χ4n) is 4.63. The molecule has 4 heteroatoms. The van der Waals surface area contributed by atoms with Gasteiger partial charge in [0.05, 0.1) is 6.10 Å². The van der Waals surface area contributed by atoms with Gasteiger partial charge in [-0.05, 0) is 50.4 Å². The maximum Gasteiger partial charge on any atom is 0.223 e. The molecule has 4 N–H and O–H groups in total. The molecule has 0 aliphatic heterocycles. The van der Waals surface area contributed by atoms with Gasteiger partial charge in [0.15, 0.2) is 0 Å². The molecular formula is C16H28N2O2. The van der Waals surface area contributed by atoms with Gasteiger partial charge in [-0.15, -0.1) is 0 Å². The monoisotopic (exact) mass is 280 g/mol. The van der Waals surface area contributed by atoms with Gasteiger partial charge >= 0.3 is 0 Å². The fraction of sp³-hybridized carbons (Fsp3) is 0.938. The van der Waals surface area contributed by atoms with E-state index in [9.17, 15) is 9.90 Å². The summed E-state index contributed by atoms with van der Waals surface area (Å²) in [7, 11) is 0. The summed E-state index contributed by atoms with van der Waals surface area (Å²) < 4.78 is 0. The number of fused-ring (bicyclic) bond motifs is 2.